The molecule has 0 aliphatic heterocycles. The van der Waals surface area contributed by atoms with Crippen molar-refractivity contribution in [2.45, 2.75) is 6.42 Å². The van der Waals surface area contributed by atoms with Gasteiger partial charge in [0.15, 0.2) is 5.65 Å². The van der Waals surface area contributed by atoms with Gasteiger partial charge in [0, 0.05) is 0 Å². The number of fused-ring (bicyclic) bond motifs is 1. The molecule has 0 spiro atoms. The van der Waals surface area contributed by atoms with Gasteiger partial charge in [-0.25, -0.2) is 9.78 Å². The van der Waals surface area contributed by atoms with Crippen molar-refractivity contribution in [2.24, 2.45) is 0 Å². The van der Waals surface area contributed by atoms with Gasteiger partial charge in [-0.15, -0.1) is 0 Å². The number of aliphatic carboxylic acids is 1. The van der Waals surface area contributed by atoms with Crippen molar-refractivity contribution >= 4 is 17.1 Å². The Labute approximate surface area is 77.6 Å². The van der Waals surface area contributed by atoms with E-state index in [1.54, 1.807) is 12.1 Å². The summed E-state index contributed by atoms with van der Waals surface area (Å²) in [5.74, 6) is -0.949. The second kappa shape index (κ2) is 2.99. The molecule has 2 aromatic heterocycles. The summed E-state index contributed by atoms with van der Waals surface area (Å²) in [5, 5.41) is 8.52. The van der Waals surface area contributed by atoms with Gasteiger partial charge in [-0.2, -0.15) is 0 Å². The van der Waals surface area contributed by atoms with Crippen molar-refractivity contribution in [1.82, 2.24) is 15.0 Å². The predicted octanol–water partition coefficient (Wildman–Crippen LogP) is -0.122. The molecule has 14 heavy (non-hydrogen) atoms. The lowest BCUT2D eigenvalue weighted by Gasteiger charge is -1.94. The first-order chi connectivity index (χ1) is 6.65. The minimum absolute atomic E-state index is 0.150. The zero-order valence-electron chi connectivity index (χ0n) is 7.07. The Bertz CT molecular complexity index is 540. The molecule has 0 saturated carbocycles. The molecular formula is C8H7N3O3. The number of aromatic amines is 2. The van der Waals surface area contributed by atoms with Crippen LogP contribution in [0.1, 0.15) is 5.69 Å². The molecule has 0 aromatic carbocycles. The Kier molecular flexibility index (Phi) is 1.81. The molecule has 0 aliphatic carbocycles. The van der Waals surface area contributed by atoms with Crippen molar-refractivity contribution in [3.05, 3.63) is 28.3 Å². The zero-order valence-corrected chi connectivity index (χ0v) is 7.07. The van der Waals surface area contributed by atoms with Gasteiger partial charge < -0.3 is 10.1 Å². The summed E-state index contributed by atoms with van der Waals surface area (Å²) >= 11 is 0. The fourth-order valence-corrected chi connectivity index (χ4v) is 1.21. The van der Waals surface area contributed by atoms with Gasteiger partial charge in [-0.05, 0) is 12.1 Å². The number of nitrogens with one attached hydrogen (secondary N) is 2. The number of carboxylic acid groups (broad SMARTS) is 1. The summed E-state index contributed by atoms with van der Waals surface area (Å²) in [7, 11) is 0. The number of pyridine rings is 1. The Morgan fingerprint density at radius 2 is 2.21 bits per heavy atom. The summed E-state index contributed by atoms with van der Waals surface area (Å²) in [6.07, 6.45) is -0.150. The van der Waals surface area contributed by atoms with Crippen LogP contribution in [0.2, 0.25) is 0 Å². The third-order valence-corrected chi connectivity index (χ3v) is 1.77. The van der Waals surface area contributed by atoms with Gasteiger partial charge in [0.2, 0.25) is 0 Å². The lowest BCUT2D eigenvalue weighted by Crippen LogP contribution is -2.02. The number of aromatic nitrogens is 3. The molecule has 0 aliphatic rings. The quantitative estimate of drug-likeness (QED) is 0.619. The molecule has 0 fully saturated rings. The molecule has 0 amide bonds. The molecule has 0 bridgehead atoms. The van der Waals surface area contributed by atoms with Crippen LogP contribution in [-0.2, 0) is 11.2 Å². The van der Waals surface area contributed by atoms with E-state index in [0.29, 0.717) is 16.9 Å². The molecule has 0 atom stereocenters. The van der Waals surface area contributed by atoms with Crippen molar-refractivity contribution in [2.75, 3.05) is 0 Å². The highest BCUT2D eigenvalue weighted by molar-refractivity contribution is 5.73. The van der Waals surface area contributed by atoms with Crippen molar-refractivity contribution in [3.63, 3.8) is 0 Å². The summed E-state index contributed by atoms with van der Waals surface area (Å²) in [6, 6.07) is 3.19. The van der Waals surface area contributed by atoms with Crippen LogP contribution in [0.15, 0.2) is 16.9 Å². The lowest BCUT2D eigenvalue weighted by molar-refractivity contribution is -0.136. The molecule has 0 saturated heterocycles. The van der Waals surface area contributed by atoms with Crippen LogP contribution in [0, 0.1) is 0 Å². The van der Waals surface area contributed by atoms with E-state index in [-0.39, 0.29) is 12.1 Å². The van der Waals surface area contributed by atoms with E-state index in [1.807, 2.05) is 0 Å². The third-order valence-electron chi connectivity index (χ3n) is 1.77. The number of nitrogens with zero attached hydrogens (tertiary/aromatic N) is 1. The Morgan fingerprint density at radius 1 is 1.43 bits per heavy atom. The molecule has 2 heterocycles. The van der Waals surface area contributed by atoms with Gasteiger partial charge in [0.1, 0.15) is 0 Å². The highest BCUT2D eigenvalue weighted by Gasteiger charge is 2.04. The van der Waals surface area contributed by atoms with Crippen molar-refractivity contribution < 1.29 is 9.90 Å². The largest absolute Gasteiger partial charge is 0.481 e. The normalized spacial score (nSPS) is 10.6. The number of imidazole rings is 1. The summed E-state index contributed by atoms with van der Waals surface area (Å²) in [6.45, 7) is 0. The van der Waals surface area contributed by atoms with Crippen LogP contribution in [-0.4, -0.2) is 26.0 Å². The maximum absolute atomic E-state index is 10.9. The van der Waals surface area contributed by atoms with E-state index in [0.717, 1.165) is 0 Å². The average molecular weight is 193 g/mol. The Hall–Kier alpha value is -2.11. The molecule has 72 valence electrons. The van der Waals surface area contributed by atoms with Crippen LogP contribution in [0.4, 0.5) is 0 Å². The third kappa shape index (κ3) is 1.49. The van der Waals surface area contributed by atoms with Crippen LogP contribution in [0.3, 0.4) is 0 Å². The first-order valence-corrected chi connectivity index (χ1v) is 3.95. The van der Waals surface area contributed by atoms with Gasteiger partial charge in [-0.3, -0.25) is 9.78 Å². The standard InChI is InChI=1S/C8H7N3O3/c12-6(13)3-4-1-2-5-7(9-4)11-8(14)10-5/h1-2H,3H2,(H,12,13)(H2,9,10,11,14). The van der Waals surface area contributed by atoms with E-state index in [1.165, 1.54) is 0 Å². The van der Waals surface area contributed by atoms with Crippen molar-refractivity contribution in [3.8, 4) is 0 Å². The SMILES string of the molecule is O=C(O)Cc1ccc2[nH]c(=O)[nH]c2n1. The number of carboxylic acids is 1. The maximum Gasteiger partial charge on any atom is 0.325 e. The molecule has 2 rings (SSSR count). The first-order valence-electron chi connectivity index (χ1n) is 3.95. The zero-order chi connectivity index (χ0) is 10.1. The van der Waals surface area contributed by atoms with Crippen molar-refractivity contribution in [1.29, 1.82) is 0 Å². The number of hydrogen-bond acceptors (Lipinski definition) is 3. The monoisotopic (exact) mass is 193 g/mol. The fourth-order valence-electron chi connectivity index (χ4n) is 1.21. The molecule has 3 N–H and O–H groups in total. The van der Waals surface area contributed by atoms with Crippen LogP contribution < -0.4 is 5.69 Å². The molecule has 2 aromatic rings. The van der Waals surface area contributed by atoms with Gasteiger partial charge in [-0.1, -0.05) is 0 Å². The molecule has 6 heteroatoms. The predicted molar refractivity (Wildman–Crippen MR) is 48.1 cm³/mol. The average Bonchev–Trinajstić information content (AvgIpc) is 2.42. The Morgan fingerprint density at radius 3 is 2.93 bits per heavy atom. The van der Waals surface area contributed by atoms with Crippen LogP contribution in [0.25, 0.3) is 11.2 Å². The van der Waals surface area contributed by atoms with Gasteiger partial charge in [0.05, 0.1) is 17.6 Å². The number of carbonyl (C=O) groups is 1. The van der Waals surface area contributed by atoms with Crippen LogP contribution in [0.5, 0.6) is 0 Å². The van der Waals surface area contributed by atoms with E-state index < -0.39 is 5.97 Å². The second-order valence-corrected chi connectivity index (χ2v) is 2.85. The lowest BCUT2D eigenvalue weighted by atomic mass is 10.2. The number of hydrogen-bond donors (Lipinski definition) is 3. The van der Waals surface area contributed by atoms with Gasteiger partial charge in [0.25, 0.3) is 0 Å². The molecular weight excluding hydrogens is 186 g/mol. The second-order valence-electron chi connectivity index (χ2n) is 2.85. The molecule has 0 unspecified atom stereocenters. The highest BCUT2D eigenvalue weighted by atomic mass is 16.4. The van der Waals surface area contributed by atoms with E-state index in [4.69, 9.17) is 5.11 Å². The Balaban J connectivity index is 2.50. The van der Waals surface area contributed by atoms with E-state index in [9.17, 15) is 9.59 Å². The van der Waals surface area contributed by atoms with E-state index >= 15 is 0 Å². The number of rotatable bonds is 2. The summed E-state index contributed by atoms with van der Waals surface area (Å²) in [4.78, 5) is 30.2. The highest BCUT2D eigenvalue weighted by Crippen LogP contribution is 2.05. The van der Waals surface area contributed by atoms with Crippen LogP contribution >= 0.6 is 0 Å². The first kappa shape index (κ1) is 8.49. The topological polar surface area (TPSA) is 98.8 Å². The number of H-pyrrole nitrogens is 2. The maximum atomic E-state index is 10.9. The summed E-state index contributed by atoms with van der Waals surface area (Å²) in [5.41, 5.74) is 1.03. The minimum Gasteiger partial charge on any atom is -0.481 e. The smallest absolute Gasteiger partial charge is 0.325 e. The fraction of sp³-hybridized carbons (Fsp3) is 0.125. The molecule has 6 nitrogen and oxygen atoms in total. The van der Waals surface area contributed by atoms with E-state index in [2.05, 4.69) is 15.0 Å². The minimum atomic E-state index is -0.949. The molecule has 0 radical (unpaired) electrons. The summed E-state index contributed by atoms with van der Waals surface area (Å²) < 4.78 is 0. The van der Waals surface area contributed by atoms with Gasteiger partial charge >= 0.3 is 11.7 Å².